The lowest BCUT2D eigenvalue weighted by Crippen LogP contribution is -2.28. The number of carbonyl (C=O) groups excluding carboxylic acids is 3. The topological polar surface area (TPSA) is 84.5 Å². The summed E-state index contributed by atoms with van der Waals surface area (Å²) in [5, 5.41) is 5.96. The van der Waals surface area contributed by atoms with Gasteiger partial charge in [-0.25, -0.2) is 4.79 Å². The summed E-state index contributed by atoms with van der Waals surface area (Å²) >= 11 is 1.14. The Kier molecular flexibility index (Phi) is 6.51. The minimum Gasteiger partial charge on any atom is -0.465 e. The Morgan fingerprint density at radius 2 is 1.79 bits per heavy atom. The SMILES string of the molecule is COC(=O)c1ccc(NC(=O)CCNC(=O)Cc2ccccc2)s1. The number of nitrogens with one attached hydrogen (secondary N) is 2. The number of amides is 2. The Labute approximate surface area is 143 Å². The van der Waals surface area contributed by atoms with Gasteiger partial charge in [0.25, 0.3) is 0 Å². The van der Waals surface area contributed by atoms with E-state index < -0.39 is 5.97 Å². The molecule has 0 saturated heterocycles. The number of hydrogen-bond acceptors (Lipinski definition) is 5. The minimum atomic E-state index is -0.436. The van der Waals surface area contributed by atoms with Gasteiger partial charge < -0.3 is 15.4 Å². The first-order valence-electron chi connectivity index (χ1n) is 7.37. The number of ether oxygens (including phenoxy) is 1. The van der Waals surface area contributed by atoms with Crippen molar-refractivity contribution in [3.63, 3.8) is 0 Å². The van der Waals surface area contributed by atoms with E-state index in [2.05, 4.69) is 15.4 Å². The molecule has 0 aliphatic rings. The lowest BCUT2D eigenvalue weighted by atomic mass is 10.1. The van der Waals surface area contributed by atoms with Gasteiger partial charge in [-0.05, 0) is 17.7 Å². The highest BCUT2D eigenvalue weighted by Crippen LogP contribution is 2.22. The first kappa shape index (κ1) is 17.7. The average molecular weight is 346 g/mol. The Morgan fingerprint density at radius 3 is 2.50 bits per heavy atom. The van der Waals surface area contributed by atoms with E-state index in [1.807, 2.05) is 30.3 Å². The second kappa shape index (κ2) is 8.83. The Balaban J connectivity index is 1.70. The van der Waals surface area contributed by atoms with Crippen molar-refractivity contribution in [3.8, 4) is 0 Å². The Bertz CT molecular complexity index is 712. The molecule has 0 radical (unpaired) electrons. The zero-order valence-corrected chi connectivity index (χ0v) is 14.0. The largest absolute Gasteiger partial charge is 0.465 e. The zero-order valence-electron chi connectivity index (χ0n) is 13.2. The molecule has 0 unspecified atom stereocenters. The molecule has 126 valence electrons. The van der Waals surface area contributed by atoms with Crippen LogP contribution in [0.1, 0.15) is 21.7 Å². The summed E-state index contributed by atoms with van der Waals surface area (Å²) in [5.74, 6) is -0.792. The molecule has 2 N–H and O–H groups in total. The molecule has 0 fully saturated rings. The fourth-order valence-corrected chi connectivity index (χ4v) is 2.82. The number of benzene rings is 1. The number of rotatable bonds is 7. The van der Waals surface area contributed by atoms with E-state index in [1.54, 1.807) is 12.1 Å². The highest BCUT2D eigenvalue weighted by Gasteiger charge is 2.11. The predicted octanol–water partition coefficient (Wildman–Crippen LogP) is 2.22. The monoisotopic (exact) mass is 346 g/mol. The molecule has 2 rings (SSSR count). The molecule has 24 heavy (non-hydrogen) atoms. The number of carbonyl (C=O) groups is 3. The van der Waals surface area contributed by atoms with Gasteiger partial charge in [-0.2, -0.15) is 0 Å². The van der Waals surface area contributed by atoms with Gasteiger partial charge in [0.2, 0.25) is 11.8 Å². The lowest BCUT2D eigenvalue weighted by Gasteiger charge is -2.05. The fraction of sp³-hybridized carbons (Fsp3) is 0.235. The summed E-state index contributed by atoms with van der Waals surface area (Å²) in [7, 11) is 1.30. The maximum absolute atomic E-state index is 11.8. The summed E-state index contributed by atoms with van der Waals surface area (Å²) in [5.41, 5.74) is 0.924. The van der Waals surface area contributed by atoms with Crippen LogP contribution >= 0.6 is 11.3 Å². The van der Waals surface area contributed by atoms with Crippen LogP contribution in [0.3, 0.4) is 0 Å². The molecular formula is C17H18N2O4S. The van der Waals surface area contributed by atoms with E-state index in [-0.39, 0.29) is 31.2 Å². The van der Waals surface area contributed by atoms with Gasteiger partial charge in [0, 0.05) is 13.0 Å². The van der Waals surface area contributed by atoms with Crippen molar-refractivity contribution < 1.29 is 19.1 Å². The summed E-state index contributed by atoms with van der Waals surface area (Å²) in [6.07, 6.45) is 0.446. The number of methoxy groups -OCH3 is 1. The molecule has 7 heteroatoms. The van der Waals surface area contributed by atoms with Crippen LogP contribution < -0.4 is 10.6 Å². The Morgan fingerprint density at radius 1 is 1.04 bits per heavy atom. The predicted molar refractivity (Wildman–Crippen MR) is 92.1 cm³/mol. The number of hydrogen-bond donors (Lipinski definition) is 2. The Hall–Kier alpha value is -2.67. The normalized spacial score (nSPS) is 10.0. The van der Waals surface area contributed by atoms with Crippen molar-refractivity contribution in [1.82, 2.24) is 5.32 Å². The van der Waals surface area contributed by atoms with Crippen LogP contribution in [0, 0.1) is 0 Å². The van der Waals surface area contributed by atoms with Crippen LogP contribution in [0.25, 0.3) is 0 Å². The number of thiophene rings is 1. The van der Waals surface area contributed by atoms with Crippen molar-refractivity contribution in [2.24, 2.45) is 0 Å². The van der Waals surface area contributed by atoms with E-state index in [0.29, 0.717) is 9.88 Å². The molecule has 0 aliphatic carbocycles. The van der Waals surface area contributed by atoms with Gasteiger partial charge in [-0.15, -0.1) is 11.3 Å². The van der Waals surface area contributed by atoms with E-state index in [1.165, 1.54) is 7.11 Å². The van der Waals surface area contributed by atoms with Crippen molar-refractivity contribution >= 4 is 34.1 Å². The maximum Gasteiger partial charge on any atom is 0.348 e. The molecule has 0 spiro atoms. The molecule has 1 heterocycles. The molecule has 2 amide bonds. The van der Waals surface area contributed by atoms with Gasteiger partial charge in [0.15, 0.2) is 0 Å². The third-order valence-electron chi connectivity index (χ3n) is 3.14. The van der Waals surface area contributed by atoms with Crippen LogP contribution in [-0.2, 0) is 20.7 Å². The molecule has 2 aromatic rings. The van der Waals surface area contributed by atoms with Gasteiger partial charge >= 0.3 is 5.97 Å². The standard InChI is InChI=1S/C17H18N2O4S/c1-23-17(22)13-7-8-16(24-13)19-14(20)9-10-18-15(21)11-12-5-3-2-4-6-12/h2-8H,9-11H2,1H3,(H,18,21)(H,19,20). The van der Waals surface area contributed by atoms with Crippen LogP contribution in [0.5, 0.6) is 0 Å². The zero-order chi connectivity index (χ0) is 17.4. The summed E-state index contributed by atoms with van der Waals surface area (Å²) < 4.78 is 4.61. The van der Waals surface area contributed by atoms with Crippen molar-refractivity contribution in [3.05, 3.63) is 52.9 Å². The highest BCUT2D eigenvalue weighted by molar-refractivity contribution is 7.18. The number of esters is 1. The molecule has 0 atom stereocenters. The van der Waals surface area contributed by atoms with E-state index in [9.17, 15) is 14.4 Å². The smallest absolute Gasteiger partial charge is 0.348 e. The second-order valence-corrected chi connectivity index (χ2v) is 6.05. The van der Waals surface area contributed by atoms with Crippen LogP contribution in [0.15, 0.2) is 42.5 Å². The quantitative estimate of drug-likeness (QED) is 0.753. The molecule has 0 aliphatic heterocycles. The van der Waals surface area contributed by atoms with Crippen LogP contribution in [0.4, 0.5) is 5.00 Å². The van der Waals surface area contributed by atoms with Crippen LogP contribution in [0.2, 0.25) is 0 Å². The summed E-state index contributed by atoms with van der Waals surface area (Å²) in [6, 6.07) is 12.6. The summed E-state index contributed by atoms with van der Waals surface area (Å²) in [6.45, 7) is 0.257. The first-order valence-corrected chi connectivity index (χ1v) is 8.19. The van der Waals surface area contributed by atoms with Crippen molar-refractivity contribution in [1.29, 1.82) is 0 Å². The van der Waals surface area contributed by atoms with Crippen molar-refractivity contribution in [2.75, 3.05) is 19.0 Å². The number of anilines is 1. The molecule has 1 aromatic heterocycles. The molecule has 1 aromatic carbocycles. The minimum absolute atomic E-state index is 0.127. The molecule has 0 saturated carbocycles. The average Bonchev–Trinajstić information content (AvgIpc) is 3.03. The lowest BCUT2D eigenvalue weighted by molar-refractivity contribution is -0.120. The molecule has 0 bridgehead atoms. The third-order valence-corrected chi connectivity index (χ3v) is 4.12. The highest BCUT2D eigenvalue weighted by atomic mass is 32.1. The molecular weight excluding hydrogens is 328 g/mol. The molecule has 6 nitrogen and oxygen atoms in total. The first-order chi connectivity index (χ1) is 11.6. The van der Waals surface area contributed by atoms with E-state index in [0.717, 1.165) is 16.9 Å². The van der Waals surface area contributed by atoms with Gasteiger partial charge in [0.1, 0.15) is 4.88 Å². The van der Waals surface area contributed by atoms with E-state index >= 15 is 0 Å². The third kappa shape index (κ3) is 5.51. The summed E-state index contributed by atoms with van der Waals surface area (Å²) in [4.78, 5) is 35.4. The van der Waals surface area contributed by atoms with E-state index in [4.69, 9.17) is 0 Å². The van der Waals surface area contributed by atoms with Crippen molar-refractivity contribution in [2.45, 2.75) is 12.8 Å². The second-order valence-electron chi connectivity index (χ2n) is 4.97. The van der Waals surface area contributed by atoms with Gasteiger partial charge in [0.05, 0.1) is 18.5 Å². The van der Waals surface area contributed by atoms with Gasteiger partial charge in [-0.3, -0.25) is 9.59 Å². The maximum atomic E-state index is 11.8. The van der Waals surface area contributed by atoms with Gasteiger partial charge in [-0.1, -0.05) is 30.3 Å². The fourth-order valence-electron chi connectivity index (χ4n) is 1.97. The van der Waals surface area contributed by atoms with Crippen LogP contribution in [-0.4, -0.2) is 31.4 Å².